The summed E-state index contributed by atoms with van der Waals surface area (Å²) in [7, 11) is 0. The Kier molecular flexibility index (Phi) is 5.46. The van der Waals surface area contributed by atoms with Crippen LogP contribution in [0.5, 0.6) is 0 Å². The van der Waals surface area contributed by atoms with Gasteiger partial charge in [0.25, 0.3) is 0 Å². The van der Waals surface area contributed by atoms with E-state index >= 15 is 0 Å². The van der Waals surface area contributed by atoms with E-state index in [4.69, 9.17) is 0 Å². The summed E-state index contributed by atoms with van der Waals surface area (Å²) in [5.74, 6) is 0. The molecular weight excluding hydrogens is 241 g/mol. The van der Waals surface area contributed by atoms with Gasteiger partial charge in [-0.15, -0.1) is 0 Å². The van der Waals surface area contributed by atoms with Crippen molar-refractivity contribution in [3.05, 3.63) is 0 Å². The summed E-state index contributed by atoms with van der Waals surface area (Å²) in [4.78, 5) is 2.20. The highest BCUT2D eigenvalue weighted by atomic mass is 19.4. The Balaban J connectivity index is 2.43. The molecule has 0 aliphatic carbocycles. The number of alkyl halides is 3. The molecule has 0 aromatic rings. The molecule has 0 aromatic carbocycles. The van der Waals surface area contributed by atoms with Crippen LogP contribution in [0.2, 0.25) is 0 Å². The van der Waals surface area contributed by atoms with Crippen LogP contribution in [0.1, 0.15) is 46.5 Å². The van der Waals surface area contributed by atoms with E-state index in [1.54, 1.807) is 0 Å². The zero-order valence-electron chi connectivity index (χ0n) is 11.6. The van der Waals surface area contributed by atoms with Gasteiger partial charge in [-0.3, -0.25) is 4.90 Å². The Bertz CT molecular complexity index is 251. The first-order valence-corrected chi connectivity index (χ1v) is 6.80. The van der Waals surface area contributed by atoms with E-state index < -0.39 is 12.6 Å². The third-order valence-corrected chi connectivity index (χ3v) is 3.65. The van der Waals surface area contributed by atoms with Crippen molar-refractivity contribution >= 4 is 0 Å². The lowest BCUT2D eigenvalue weighted by Gasteiger charge is -2.46. The number of hydrogen-bond donors (Lipinski definition) is 1. The van der Waals surface area contributed by atoms with Gasteiger partial charge in [-0.05, 0) is 33.2 Å². The van der Waals surface area contributed by atoms with Crippen molar-refractivity contribution in [2.45, 2.75) is 64.2 Å². The lowest BCUT2D eigenvalue weighted by molar-refractivity contribution is -0.137. The fourth-order valence-corrected chi connectivity index (χ4v) is 2.49. The van der Waals surface area contributed by atoms with Crippen LogP contribution in [0.4, 0.5) is 13.2 Å². The Morgan fingerprint density at radius 3 is 2.56 bits per heavy atom. The first-order chi connectivity index (χ1) is 8.24. The molecule has 1 heterocycles. The third-order valence-electron chi connectivity index (χ3n) is 3.65. The van der Waals surface area contributed by atoms with E-state index in [1.807, 2.05) is 0 Å². The molecule has 5 heteroatoms. The molecule has 108 valence electrons. The Labute approximate surface area is 108 Å². The highest BCUT2D eigenvalue weighted by Gasteiger charge is 2.34. The maximum absolute atomic E-state index is 12.2. The van der Waals surface area contributed by atoms with Gasteiger partial charge in [0.1, 0.15) is 0 Å². The molecule has 1 unspecified atom stereocenters. The maximum atomic E-state index is 12.2. The van der Waals surface area contributed by atoms with Crippen molar-refractivity contribution in [1.29, 1.82) is 0 Å². The quantitative estimate of drug-likeness (QED) is 0.822. The number of nitrogens with zero attached hydrogens (tertiary/aromatic N) is 1. The molecule has 0 amide bonds. The van der Waals surface area contributed by atoms with Crippen molar-refractivity contribution in [1.82, 2.24) is 10.2 Å². The molecule has 0 radical (unpaired) electrons. The van der Waals surface area contributed by atoms with Crippen LogP contribution < -0.4 is 5.32 Å². The predicted molar refractivity (Wildman–Crippen MR) is 67.6 cm³/mol. The van der Waals surface area contributed by atoms with Crippen LogP contribution >= 0.6 is 0 Å². The van der Waals surface area contributed by atoms with Gasteiger partial charge >= 0.3 is 6.18 Å². The highest BCUT2D eigenvalue weighted by molar-refractivity contribution is 4.92. The standard InChI is InChI=1S/C13H25F3N2/c1-4-6-11-9-18(12(2,3)10-17-11)8-5-7-13(14,15)16/h11,17H,4-10H2,1-3H3. The number of halogens is 3. The highest BCUT2D eigenvalue weighted by Crippen LogP contribution is 2.24. The molecule has 1 N–H and O–H groups in total. The summed E-state index contributed by atoms with van der Waals surface area (Å²) in [6.07, 6.45) is -2.31. The Hall–Kier alpha value is -0.290. The summed E-state index contributed by atoms with van der Waals surface area (Å²) < 4.78 is 36.5. The second kappa shape index (κ2) is 6.24. The molecule has 0 aromatic heterocycles. The summed E-state index contributed by atoms with van der Waals surface area (Å²) in [6.45, 7) is 8.57. The van der Waals surface area contributed by atoms with Crippen LogP contribution in [-0.2, 0) is 0 Å². The van der Waals surface area contributed by atoms with E-state index in [2.05, 4.69) is 31.0 Å². The number of hydrogen-bond acceptors (Lipinski definition) is 2. The monoisotopic (exact) mass is 266 g/mol. The molecule has 2 nitrogen and oxygen atoms in total. The molecular formula is C13H25F3N2. The average molecular weight is 266 g/mol. The minimum atomic E-state index is -4.03. The second-order valence-electron chi connectivity index (χ2n) is 5.84. The van der Waals surface area contributed by atoms with Gasteiger partial charge in [0.2, 0.25) is 0 Å². The molecule has 1 aliphatic rings. The van der Waals surface area contributed by atoms with Gasteiger partial charge in [0.15, 0.2) is 0 Å². The fourth-order valence-electron chi connectivity index (χ4n) is 2.49. The van der Waals surface area contributed by atoms with Crippen LogP contribution in [0, 0.1) is 0 Å². The fraction of sp³-hybridized carbons (Fsp3) is 1.00. The van der Waals surface area contributed by atoms with Crippen molar-refractivity contribution in [3.63, 3.8) is 0 Å². The number of piperazine rings is 1. The van der Waals surface area contributed by atoms with Crippen LogP contribution in [0.15, 0.2) is 0 Å². The Morgan fingerprint density at radius 1 is 1.33 bits per heavy atom. The minimum Gasteiger partial charge on any atom is -0.311 e. The van der Waals surface area contributed by atoms with Gasteiger partial charge in [0, 0.05) is 31.1 Å². The van der Waals surface area contributed by atoms with Crippen molar-refractivity contribution in [2.75, 3.05) is 19.6 Å². The van der Waals surface area contributed by atoms with E-state index in [9.17, 15) is 13.2 Å². The van der Waals surface area contributed by atoms with E-state index in [0.717, 1.165) is 25.9 Å². The maximum Gasteiger partial charge on any atom is 0.389 e. The molecule has 1 atom stereocenters. The second-order valence-corrected chi connectivity index (χ2v) is 5.84. The molecule has 0 saturated carbocycles. The van der Waals surface area contributed by atoms with Gasteiger partial charge in [-0.2, -0.15) is 13.2 Å². The summed E-state index contributed by atoms with van der Waals surface area (Å²) in [5.41, 5.74) is -0.0458. The van der Waals surface area contributed by atoms with Crippen molar-refractivity contribution in [2.24, 2.45) is 0 Å². The first kappa shape index (κ1) is 15.8. The zero-order chi connectivity index (χ0) is 13.8. The van der Waals surface area contributed by atoms with E-state index in [1.165, 1.54) is 0 Å². The first-order valence-electron chi connectivity index (χ1n) is 6.80. The molecule has 0 bridgehead atoms. The lowest BCUT2D eigenvalue weighted by Crippen LogP contribution is -2.62. The topological polar surface area (TPSA) is 15.3 Å². The van der Waals surface area contributed by atoms with Crippen LogP contribution in [0.3, 0.4) is 0 Å². The summed E-state index contributed by atoms with van der Waals surface area (Å²) in [6, 6.07) is 0.425. The molecule has 0 spiro atoms. The summed E-state index contributed by atoms with van der Waals surface area (Å²) in [5, 5.41) is 3.48. The van der Waals surface area contributed by atoms with Crippen molar-refractivity contribution in [3.8, 4) is 0 Å². The molecule has 18 heavy (non-hydrogen) atoms. The van der Waals surface area contributed by atoms with Crippen LogP contribution in [0.25, 0.3) is 0 Å². The largest absolute Gasteiger partial charge is 0.389 e. The number of rotatable bonds is 5. The van der Waals surface area contributed by atoms with E-state index in [-0.39, 0.29) is 12.0 Å². The normalized spacial score (nSPS) is 25.3. The van der Waals surface area contributed by atoms with Gasteiger partial charge in [0.05, 0.1) is 0 Å². The molecule has 1 rings (SSSR count). The molecule has 1 saturated heterocycles. The SMILES string of the molecule is CCCC1CN(CCCC(F)(F)F)C(C)(C)CN1. The van der Waals surface area contributed by atoms with Crippen molar-refractivity contribution < 1.29 is 13.2 Å². The lowest BCUT2D eigenvalue weighted by atomic mass is 9.95. The predicted octanol–water partition coefficient (Wildman–Crippen LogP) is 3.18. The van der Waals surface area contributed by atoms with Crippen LogP contribution in [-0.4, -0.2) is 42.3 Å². The third kappa shape index (κ3) is 5.14. The van der Waals surface area contributed by atoms with Gasteiger partial charge in [-0.1, -0.05) is 13.3 Å². The molecule has 1 fully saturated rings. The smallest absolute Gasteiger partial charge is 0.311 e. The van der Waals surface area contributed by atoms with Gasteiger partial charge < -0.3 is 5.32 Å². The van der Waals surface area contributed by atoms with Gasteiger partial charge in [-0.25, -0.2) is 0 Å². The zero-order valence-corrected chi connectivity index (χ0v) is 11.6. The summed E-state index contributed by atoms with van der Waals surface area (Å²) >= 11 is 0. The average Bonchev–Trinajstić information content (AvgIpc) is 2.21. The molecule has 1 aliphatic heterocycles. The van der Waals surface area contributed by atoms with E-state index in [0.29, 0.717) is 12.6 Å². The Morgan fingerprint density at radius 2 is 2.00 bits per heavy atom. The number of nitrogens with one attached hydrogen (secondary N) is 1. The minimum absolute atomic E-state index is 0.0458.